The molecule has 0 aliphatic rings. The van der Waals surface area contributed by atoms with Crippen molar-refractivity contribution in [2.45, 2.75) is 27.2 Å². The molecule has 0 N–H and O–H groups in total. The molecule has 4 heteroatoms. The molecule has 0 fully saturated rings. The summed E-state index contributed by atoms with van der Waals surface area (Å²) in [5, 5.41) is 2.02. The Hall–Kier alpha value is -0.740. The zero-order valence-corrected chi connectivity index (χ0v) is 11.6. The van der Waals surface area contributed by atoms with Crippen molar-refractivity contribution < 1.29 is 14.2 Å². The van der Waals surface area contributed by atoms with Crippen LogP contribution in [0.5, 0.6) is 11.5 Å². The van der Waals surface area contributed by atoms with Crippen molar-refractivity contribution in [3.8, 4) is 11.5 Å². The van der Waals surface area contributed by atoms with Gasteiger partial charge in [-0.3, -0.25) is 0 Å². The minimum atomic E-state index is 0.694. The molecule has 1 rings (SSSR count). The molecule has 1 aromatic rings. The Labute approximate surface area is 102 Å². The third-order valence-electron chi connectivity index (χ3n) is 1.69. The molecule has 0 saturated heterocycles. The third-order valence-corrected chi connectivity index (χ3v) is 2.79. The molecule has 0 bridgehead atoms. The van der Waals surface area contributed by atoms with Gasteiger partial charge in [0.05, 0.1) is 18.1 Å². The van der Waals surface area contributed by atoms with E-state index in [1.54, 1.807) is 25.6 Å². The first kappa shape index (κ1) is 15.3. The van der Waals surface area contributed by atoms with Crippen LogP contribution in [0.1, 0.15) is 25.6 Å². The molecular weight excluding hydrogens is 224 g/mol. The van der Waals surface area contributed by atoms with Gasteiger partial charge in [-0.25, -0.2) is 0 Å². The molecule has 0 spiro atoms. The van der Waals surface area contributed by atoms with Gasteiger partial charge in [0.2, 0.25) is 0 Å². The predicted octanol–water partition coefficient (Wildman–Crippen LogP) is 3.37. The number of thiophene rings is 1. The van der Waals surface area contributed by atoms with E-state index < -0.39 is 0 Å². The van der Waals surface area contributed by atoms with Crippen molar-refractivity contribution >= 4 is 11.3 Å². The second kappa shape index (κ2) is 9.48. The molecule has 0 aromatic carbocycles. The average molecular weight is 246 g/mol. The van der Waals surface area contributed by atoms with Gasteiger partial charge in [-0.1, -0.05) is 6.92 Å². The van der Waals surface area contributed by atoms with Crippen LogP contribution >= 0.6 is 11.3 Å². The van der Waals surface area contributed by atoms with Crippen molar-refractivity contribution in [2.75, 3.05) is 27.4 Å². The fourth-order valence-electron chi connectivity index (χ4n) is 1.16. The SMILES string of the molecule is CCOc1csc(CC)c1OCC.COC. The van der Waals surface area contributed by atoms with Crippen LogP contribution in [0.15, 0.2) is 5.38 Å². The smallest absolute Gasteiger partial charge is 0.175 e. The standard InChI is InChI=1S/C10H16O2S.C2H6O/c1-4-9-10(12-6-3)8(7-13-9)11-5-2;1-3-2/h7H,4-6H2,1-3H3;1-2H3. The summed E-state index contributed by atoms with van der Waals surface area (Å²) in [7, 11) is 3.25. The number of aryl methyl sites for hydroxylation is 1. The van der Waals surface area contributed by atoms with Crippen molar-refractivity contribution in [3.63, 3.8) is 0 Å². The number of ether oxygens (including phenoxy) is 3. The fraction of sp³-hybridized carbons (Fsp3) is 0.667. The number of methoxy groups -OCH3 is 1. The first-order valence-corrected chi connectivity index (χ1v) is 6.39. The monoisotopic (exact) mass is 246 g/mol. The molecular formula is C12H22O3S. The van der Waals surface area contributed by atoms with E-state index >= 15 is 0 Å². The van der Waals surface area contributed by atoms with E-state index in [4.69, 9.17) is 9.47 Å². The van der Waals surface area contributed by atoms with Gasteiger partial charge in [0, 0.05) is 19.6 Å². The van der Waals surface area contributed by atoms with Crippen LogP contribution in [-0.2, 0) is 11.2 Å². The average Bonchev–Trinajstić information content (AvgIpc) is 2.64. The summed E-state index contributed by atoms with van der Waals surface area (Å²) in [6.07, 6.45) is 1.01. The lowest BCUT2D eigenvalue weighted by Crippen LogP contribution is -1.97. The highest BCUT2D eigenvalue weighted by atomic mass is 32.1. The number of hydrogen-bond donors (Lipinski definition) is 0. The molecule has 94 valence electrons. The van der Waals surface area contributed by atoms with E-state index in [-0.39, 0.29) is 0 Å². The zero-order valence-electron chi connectivity index (χ0n) is 10.8. The van der Waals surface area contributed by atoms with Crippen molar-refractivity contribution in [2.24, 2.45) is 0 Å². The number of hydrogen-bond acceptors (Lipinski definition) is 4. The summed E-state index contributed by atoms with van der Waals surface area (Å²) >= 11 is 1.71. The largest absolute Gasteiger partial charge is 0.489 e. The van der Waals surface area contributed by atoms with E-state index in [1.165, 1.54) is 4.88 Å². The second-order valence-electron chi connectivity index (χ2n) is 2.98. The van der Waals surface area contributed by atoms with Crippen LogP contribution in [0.3, 0.4) is 0 Å². The minimum Gasteiger partial charge on any atom is -0.489 e. The quantitative estimate of drug-likeness (QED) is 0.797. The van der Waals surface area contributed by atoms with E-state index in [9.17, 15) is 0 Å². The van der Waals surface area contributed by atoms with Gasteiger partial charge >= 0.3 is 0 Å². The Morgan fingerprint density at radius 3 is 2.06 bits per heavy atom. The molecule has 3 nitrogen and oxygen atoms in total. The van der Waals surface area contributed by atoms with Crippen LogP contribution in [0, 0.1) is 0 Å². The molecule has 0 unspecified atom stereocenters. The Morgan fingerprint density at radius 2 is 1.62 bits per heavy atom. The van der Waals surface area contributed by atoms with Gasteiger partial charge in [-0.2, -0.15) is 0 Å². The van der Waals surface area contributed by atoms with E-state index in [2.05, 4.69) is 11.7 Å². The van der Waals surface area contributed by atoms with Crippen molar-refractivity contribution in [1.82, 2.24) is 0 Å². The third kappa shape index (κ3) is 4.86. The topological polar surface area (TPSA) is 27.7 Å². The highest BCUT2D eigenvalue weighted by Gasteiger charge is 2.11. The minimum absolute atomic E-state index is 0.694. The van der Waals surface area contributed by atoms with Crippen LogP contribution in [0.4, 0.5) is 0 Å². The van der Waals surface area contributed by atoms with Gasteiger partial charge in [0.1, 0.15) is 0 Å². The summed E-state index contributed by atoms with van der Waals surface area (Å²) in [6.45, 7) is 7.50. The second-order valence-corrected chi connectivity index (χ2v) is 3.94. The van der Waals surface area contributed by atoms with Crippen LogP contribution in [0.2, 0.25) is 0 Å². The van der Waals surface area contributed by atoms with Crippen LogP contribution in [0.25, 0.3) is 0 Å². The highest BCUT2D eigenvalue weighted by molar-refractivity contribution is 7.10. The molecule has 0 radical (unpaired) electrons. The molecule has 1 aromatic heterocycles. The zero-order chi connectivity index (χ0) is 12.4. The summed E-state index contributed by atoms with van der Waals surface area (Å²) in [4.78, 5) is 1.27. The predicted molar refractivity (Wildman–Crippen MR) is 69.0 cm³/mol. The summed E-state index contributed by atoms with van der Waals surface area (Å²) in [5.74, 6) is 1.84. The van der Waals surface area contributed by atoms with Gasteiger partial charge < -0.3 is 14.2 Å². The maximum absolute atomic E-state index is 5.54. The Kier molecular flexibility index (Phi) is 9.04. The molecule has 0 atom stereocenters. The summed E-state index contributed by atoms with van der Waals surface area (Å²) in [6, 6.07) is 0. The van der Waals surface area contributed by atoms with Gasteiger partial charge in [0.25, 0.3) is 0 Å². The lowest BCUT2D eigenvalue weighted by molar-refractivity contribution is 0.277. The van der Waals surface area contributed by atoms with Crippen molar-refractivity contribution in [1.29, 1.82) is 0 Å². The normalized spacial score (nSPS) is 9.31. The molecule has 0 aliphatic heterocycles. The molecule has 0 saturated carbocycles. The highest BCUT2D eigenvalue weighted by Crippen LogP contribution is 2.37. The molecule has 0 aliphatic carbocycles. The van der Waals surface area contributed by atoms with E-state index in [0.717, 1.165) is 17.9 Å². The summed E-state index contributed by atoms with van der Waals surface area (Å²) < 4.78 is 15.2. The van der Waals surface area contributed by atoms with E-state index in [0.29, 0.717) is 13.2 Å². The van der Waals surface area contributed by atoms with Crippen LogP contribution < -0.4 is 9.47 Å². The Morgan fingerprint density at radius 1 is 1.06 bits per heavy atom. The van der Waals surface area contributed by atoms with Gasteiger partial charge in [-0.05, 0) is 20.3 Å². The Balaban J connectivity index is 0.000000673. The number of rotatable bonds is 5. The van der Waals surface area contributed by atoms with Gasteiger partial charge in [0.15, 0.2) is 11.5 Å². The molecule has 1 heterocycles. The molecule has 16 heavy (non-hydrogen) atoms. The maximum atomic E-state index is 5.54. The van der Waals surface area contributed by atoms with E-state index in [1.807, 2.05) is 19.2 Å². The van der Waals surface area contributed by atoms with Crippen LogP contribution in [-0.4, -0.2) is 27.4 Å². The first-order chi connectivity index (χ1) is 7.74. The first-order valence-electron chi connectivity index (χ1n) is 5.51. The van der Waals surface area contributed by atoms with Crippen molar-refractivity contribution in [3.05, 3.63) is 10.3 Å². The van der Waals surface area contributed by atoms with Gasteiger partial charge in [-0.15, -0.1) is 11.3 Å². The Bertz CT molecular complexity index is 271. The molecule has 0 amide bonds. The lowest BCUT2D eigenvalue weighted by Gasteiger charge is -2.07. The maximum Gasteiger partial charge on any atom is 0.175 e. The lowest BCUT2D eigenvalue weighted by atomic mass is 10.3. The summed E-state index contributed by atoms with van der Waals surface area (Å²) in [5.41, 5.74) is 0. The fourth-order valence-corrected chi connectivity index (χ4v) is 2.02.